The van der Waals surface area contributed by atoms with Gasteiger partial charge in [-0.25, -0.2) is 0 Å². The summed E-state index contributed by atoms with van der Waals surface area (Å²) in [6.07, 6.45) is 1.31. The van der Waals surface area contributed by atoms with Crippen molar-refractivity contribution in [1.29, 1.82) is 0 Å². The molecule has 0 spiro atoms. The number of carbonyl (C=O) groups excluding carboxylic acids is 1. The highest BCUT2D eigenvalue weighted by atomic mass is 79.9. The van der Waals surface area contributed by atoms with Crippen LogP contribution in [0, 0.1) is 5.92 Å². The molecule has 0 aliphatic heterocycles. The maximum atomic E-state index is 12.5. The second-order valence-electron chi connectivity index (χ2n) is 6.93. The smallest absolute Gasteiger partial charge is 0.257 e. The summed E-state index contributed by atoms with van der Waals surface area (Å²) in [7, 11) is 1.67. The molecule has 3 N–H and O–H groups in total. The largest absolute Gasteiger partial charge is 0.396 e. The summed E-state index contributed by atoms with van der Waals surface area (Å²) < 4.78 is 6.52. The Morgan fingerprint density at radius 2 is 2.04 bits per heavy atom. The topological polar surface area (TPSA) is 70.6 Å². The Labute approximate surface area is 178 Å². The van der Waals surface area contributed by atoms with Gasteiger partial charge in [0.2, 0.25) is 0 Å². The molecule has 1 amide bonds. The van der Waals surface area contributed by atoms with Crippen LogP contribution in [0.25, 0.3) is 0 Å². The van der Waals surface area contributed by atoms with E-state index in [1.165, 1.54) is 0 Å². The Balaban J connectivity index is 1.87. The Hall–Kier alpha value is -1.80. The van der Waals surface area contributed by atoms with E-state index in [0.717, 1.165) is 10.0 Å². The standard InChI is InChI=1S/C21H23BrN2O3S/c1-27-18-11-16(13-25)21(12-18,15-8-5-9-17(22)10-15)24-20(28)23-19(26)14-6-3-2-4-7-14/h2-10,16,18,25H,11-13H2,1H3,(H2,23,24,26,28). The van der Waals surface area contributed by atoms with Gasteiger partial charge in [-0.05, 0) is 48.5 Å². The van der Waals surface area contributed by atoms with Crippen molar-refractivity contribution in [3.05, 3.63) is 70.2 Å². The molecule has 148 valence electrons. The van der Waals surface area contributed by atoms with Gasteiger partial charge in [-0.1, -0.05) is 46.3 Å². The first-order chi connectivity index (χ1) is 13.5. The van der Waals surface area contributed by atoms with Crippen molar-refractivity contribution >= 4 is 39.2 Å². The summed E-state index contributed by atoms with van der Waals surface area (Å²) in [6.45, 7) is -0.0192. The molecule has 2 aromatic carbocycles. The molecule has 3 rings (SSSR count). The maximum Gasteiger partial charge on any atom is 0.257 e. The molecule has 3 atom stereocenters. The molecule has 0 bridgehead atoms. The van der Waals surface area contributed by atoms with E-state index >= 15 is 0 Å². The minimum atomic E-state index is -0.639. The number of ether oxygens (including phenoxy) is 1. The molecule has 1 aliphatic rings. The average Bonchev–Trinajstić information content (AvgIpc) is 3.07. The van der Waals surface area contributed by atoms with Gasteiger partial charge in [0.05, 0.1) is 11.6 Å². The third-order valence-electron chi connectivity index (χ3n) is 5.29. The lowest BCUT2D eigenvalue weighted by Gasteiger charge is -2.37. The van der Waals surface area contributed by atoms with E-state index in [2.05, 4.69) is 26.6 Å². The fourth-order valence-electron chi connectivity index (χ4n) is 3.88. The van der Waals surface area contributed by atoms with Crippen LogP contribution in [0.15, 0.2) is 59.1 Å². The van der Waals surface area contributed by atoms with Gasteiger partial charge in [-0.3, -0.25) is 10.1 Å². The van der Waals surface area contributed by atoms with Crippen molar-refractivity contribution in [3.8, 4) is 0 Å². The van der Waals surface area contributed by atoms with Gasteiger partial charge in [0.1, 0.15) is 0 Å². The summed E-state index contributed by atoms with van der Waals surface area (Å²) in [5.41, 5.74) is 0.875. The van der Waals surface area contributed by atoms with E-state index in [1.807, 2.05) is 30.3 Å². The zero-order chi connectivity index (χ0) is 20.1. The predicted octanol–water partition coefficient (Wildman–Crippen LogP) is 3.37. The third-order valence-corrected chi connectivity index (χ3v) is 5.98. The van der Waals surface area contributed by atoms with E-state index in [4.69, 9.17) is 17.0 Å². The van der Waals surface area contributed by atoms with E-state index in [-0.39, 0.29) is 29.6 Å². The number of nitrogens with one attached hydrogen (secondary N) is 2. The van der Waals surface area contributed by atoms with Crippen LogP contribution in [0.1, 0.15) is 28.8 Å². The molecule has 0 aromatic heterocycles. The predicted molar refractivity (Wildman–Crippen MR) is 116 cm³/mol. The minimum Gasteiger partial charge on any atom is -0.396 e. The summed E-state index contributed by atoms with van der Waals surface area (Å²) in [5, 5.41) is 16.4. The summed E-state index contributed by atoms with van der Waals surface area (Å²) in [5.74, 6) is -0.386. The normalized spacial score (nSPS) is 24.0. The molecule has 1 aliphatic carbocycles. The molecular formula is C21H23BrN2O3S. The second kappa shape index (κ2) is 9.13. The van der Waals surface area contributed by atoms with E-state index in [1.54, 1.807) is 31.4 Å². The van der Waals surface area contributed by atoms with Crippen LogP contribution in [0.2, 0.25) is 0 Å². The summed E-state index contributed by atoms with van der Waals surface area (Å²) >= 11 is 8.99. The Bertz CT molecular complexity index is 849. The van der Waals surface area contributed by atoms with Gasteiger partial charge < -0.3 is 15.2 Å². The number of methoxy groups -OCH3 is 1. The van der Waals surface area contributed by atoms with Crippen molar-refractivity contribution in [3.63, 3.8) is 0 Å². The van der Waals surface area contributed by atoms with E-state index in [0.29, 0.717) is 18.4 Å². The maximum absolute atomic E-state index is 12.5. The molecule has 0 saturated heterocycles. The zero-order valence-corrected chi connectivity index (χ0v) is 17.9. The number of amides is 1. The Morgan fingerprint density at radius 1 is 1.29 bits per heavy atom. The molecule has 1 saturated carbocycles. The van der Waals surface area contributed by atoms with Gasteiger partial charge in [-0.15, -0.1) is 0 Å². The highest BCUT2D eigenvalue weighted by Gasteiger charge is 2.49. The van der Waals surface area contributed by atoms with E-state index in [9.17, 15) is 9.90 Å². The summed E-state index contributed by atoms with van der Waals surface area (Å²) in [4.78, 5) is 12.5. The van der Waals surface area contributed by atoms with Crippen LogP contribution in [0.4, 0.5) is 0 Å². The fraction of sp³-hybridized carbons (Fsp3) is 0.333. The van der Waals surface area contributed by atoms with Crippen LogP contribution in [0.3, 0.4) is 0 Å². The molecular weight excluding hydrogens is 440 g/mol. The van der Waals surface area contributed by atoms with Crippen molar-refractivity contribution in [2.24, 2.45) is 5.92 Å². The van der Waals surface area contributed by atoms with Gasteiger partial charge in [0, 0.05) is 36.1 Å². The van der Waals surface area contributed by atoms with Crippen LogP contribution in [0.5, 0.6) is 0 Å². The van der Waals surface area contributed by atoms with Crippen LogP contribution in [-0.2, 0) is 10.3 Å². The molecule has 7 heteroatoms. The molecule has 1 fully saturated rings. The van der Waals surface area contributed by atoms with Gasteiger partial charge in [0.25, 0.3) is 5.91 Å². The van der Waals surface area contributed by atoms with Crippen LogP contribution >= 0.6 is 28.1 Å². The molecule has 5 nitrogen and oxygen atoms in total. The van der Waals surface area contributed by atoms with Crippen molar-refractivity contribution in [2.45, 2.75) is 24.5 Å². The van der Waals surface area contributed by atoms with Crippen LogP contribution in [-0.4, -0.2) is 35.9 Å². The highest BCUT2D eigenvalue weighted by Crippen LogP contribution is 2.45. The van der Waals surface area contributed by atoms with Gasteiger partial charge >= 0.3 is 0 Å². The lowest BCUT2D eigenvalue weighted by molar-refractivity contribution is 0.0973. The number of thiocarbonyl (C=S) groups is 1. The molecule has 28 heavy (non-hydrogen) atoms. The second-order valence-corrected chi connectivity index (χ2v) is 8.26. The number of halogens is 1. The summed E-state index contributed by atoms with van der Waals surface area (Å²) in [6, 6.07) is 16.8. The average molecular weight is 463 g/mol. The monoisotopic (exact) mass is 462 g/mol. The van der Waals surface area contributed by atoms with Crippen molar-refractivity contribution in [1.82, 2.24) is 10.6 Å². The van der Waals surface area contributed by atoms with Crippen LogP contribution < -0.4 is 10.6 Å². The van der Waals surface area contributed by atoms with Gasteiger partial charge in [0.15, 0.2) is 5.11 Å². The minimum absolute atomic E-state index is 0.0174. The first-order valence-electron chi connectivity index (χ1n) is 9.06. The molecule has 3 unspecified atom stereocenters. The lowest BCUT2D eigenvalue weighted by Crippen LogP contribution is -2.54. The fourth-order valence-corrected chi connectivity index (χ4v) is 4.56. The van der Waals surface area contributed by atoms with Crippen molar-refractivity contribution in [2.75, 3.05) is 13.7 Å². The van der Waals surface area contributed by atoms with E-state index < -0.39 is 5.54 Å². The quantitative estimate of drug-likeness (QED) is 0.594. The number of carbonyl (C=O) groups is 1. The molecule has 0 heterocycles. The van der Waals surface area contributed by atoms with Crippen molar-refractivity contribution < 1.29 is 14.6 Å². The molecule has 0 radical (unpaired) electrons. The number of hydrogen-bond donors (Lipinski definition) is 3. The Kier molecular flexibility index (Phi) is 6.82. The number of aliphatic hydroxyl groups excluding tert-OH is 1. The number of hydrogen-bond acceptors (Lipinski definition) is 4. The first-order valence-corrected chi connectivity index (χ1v) is 10.3. The lowest BCUT2D eigenvalue weighted by atomic mass is 9.80. The number of benzene rings is 2. The third kappa shape index (κ3) is 4.43. The zero-order valence-electron chi connectivity index (χ0n) is 15.5. The van der Waals surface area contributed by atoms with Gasteiger partial charge in [-0.2, -0.15) is 0 Å². The highest BCUT2D eigenvalue weighted by molar-refractivity contribution is 9.10. The molecule has 2 aromatic rings. The number of aliphatic hydroxyl groups is 1. The SMILES string of the molecule is COC1CC(CO)C(NC(=S)NC(=O)c2ccccc2)(c2cccc(Br)c2)C1. The number of rotatable bonds is 5. The Morgan fingerprint density at radius 3 is 2.68 bits per heavy atom. The first kappa shape index (κ1) is 20.9.